The number of thiophene rings is 1. The molecular formula is C14H23NOS. The minimum Gasteiger partial charge on any atom is -0.392 e. The first-order valence-electron chi connectivity index (χ1n) is 6.76. The van der Waals surface area contributed by atoms with Crippen LogP contribution in [0.5, 0.6) is 0 Å². The van der Waals surface area contributed by atoms with Gasteiger partial charge in [0.2, 0.25) is 0 Å². The van der Waals surface area contributed by atoms with Crippen molar-refractivity contribution in [1.82, 2.24) is 5.32 Å². The summed E-state index contributed by atoms with van der Waals surface area (Å²) in [6.07, 6.45) is 7.30. The van der Waals surface area contributed by atoms with Gasteiger partial charge in [-0.15, -0.1) is 11.3 Å². The van der Waals surface area contributed by atoms with Crippen LogP contribution >= 0.6 is 11.3 Å². The van der Waals surface area contributed by atoms with Crippen LogP contribution in [-0.2, 0) is 6.42 Å². The number of nitrogens with one attached hydrogen (secondary N) is 1. The average molecular weight is 253 g/mol. The summed E-state index contributed by atoms with van der Waals surface area (Å²) in [5.41, 5.74) is 0. The summed E-state index contributed by atoms with van der Waals surface area (Å²) in [6.45, 7) is 1.73. The van der Waals surface area contributed by atoms with Gasteiger partial charge in [-0.2, -0.15) is 0 Å². The van der Waals surface area contributed by atoms with Gasteiger partial charge in [0.25, 0.3) is 0 Å². The Labute approximate surface area is 108 Å². The first-order chi connectivity index (χ1) is 8.34. The van der Waals surface area contributed by atoms with Crippen LogP contribution in [0.4, 0.5) is 0 Å². The Morgan fingerprint density at radius 1 is 1.41 bits per heavy atom. The van der Waals surface area contributed by atoms with Crippen LogP contribution in [0.25, 0.3) is 0 Å². The van der Waals surface area contributed by atoms with Gasteiger partial charge in [-0.25, -0.2) is 0 Å². The lowest BCUT2D eigenvalue weighted by molar-refractivity contribution is 0.141. The zero-order valence-electron chi connectivity index (χ0n) is 10.4. The maximum absolute atomic E-state index is 9.91. The fourth-order valence-electron chi connectivity index (χ4n) is 2.65. The first kappa shape index (κ1) is 13.1. The van der Waals surface area contributed by atoms with E-state index < -0.39 is 0 Å². The monoisotopic (exact) mass is 253 g/mol. The summed E-state index contributed by atoms with van der Waals surface area (Å²) in [5, 5.41) is 15.4. The topological polar surface area (TPSA) is 32.3 Å². The van der Waals surface area contributed by atoms with Crippen LogP contribution in [0.2, 0.25) is 0 Å². The van der Waals surface area contributed by atoms with Gasteiger partial charge in [-0.05, 0) is 30.2 Å². The Balaban J connectivity index is 1.52. The average Bonchev–Trinajstić information content (AvgIpc) is 2.96. The van der Waals surface area contributed by atoms with Crippen molar-refractivity contribution in [2.45, 2.75) is 44.6 Å². The molecule has 0 aromatic carbocycles. The van der Waals surface area contributed by atoms with E-state index in [1.807, 2.05) is 0 Å². The summed E-state index contributed by atoms with van der Waals surface area (Å²) in [7, 11) is 0. The second kappa shape index (κ2) is 7.14. The summed E-state index contributed by atoms with van der Waals surface area (Å²) < 4.78 is 0. The molecule has 0 aliphatic heterocycles. The van der Waals surface area contributed by atoms with Crippen molar-refractivity contribution in [3.8, 4) is 0 Å². The molecule has 1 atom stereocenters. The molecule has 2 N–H and O–H groups in total. The molecule has 1 unspecified atom stereocenters. The van der Waals surface area contributed by atoms with Crippen molar-refractivity contribution in [3.05, 3.63) is 22.4 Å². The van der Waals surface area contributed by atoms with E-state index in [1.54, 1.807) is 11.3 Å². The number of aliphatic hydroxyl groups is 1. The zero-order valence-corrected chi connectivity index (χ0v) is 11.2. The van der Waals surface area contributed by atoms with Gasteiger partial charge >= 0.3 is 0 Å². The largest absolute Gasteiger partial charge is 0.392 e. The lowest BCUT2D eigenvalue weighted by Crippen LogP contribution is -2.29. The zero-order chi connectivity index (χ0) is 11.9. The molecule has 0 bridgehead atoms. The van der Waals surface area contributed by atoms with Gasteiger partial charge in [-0.1, -0.05) is 31.7 Å². The smallest absolute Gasteiger partial charge is 0.0667 e. The normalized spacial score (nSPS) is 18.6. The molecule has 1 aromatic rings. The van der Waals surface area contributed by atoms with Crippen molar-refractivity contribution in [1.29, 1.82) is 0 Å². The Morgan fingerprint density at radius 3 is 2.94 bits per heavy atom. The van der Waals surface area contributed by atoms with E-state index >= 15 is 0 Å². The van der Waals surface area contributed by atoms with Gasteiger partial charge in [-0.3, -0.25) is 0 Å². The maximum Gasteiger partial charge on any atom is 0.0667 e. The molecule has 0 spiro atoms. The number of hydrogen-bond acceptors (Lipinski definition) is 3. The first-order valence-corrected chi connectivity index (χ1v) is 7.63. The molecule has 1 aromatic heterocycles. The second-order valence-corrected chi connectivity index (χ2v) is 6.11. The van der Waals surface area contributed by atoms with Gasteiger partial charge in [0.15, 0.2) is 0 Å². The molecule has 2 nitrogen and oxygen atoms in total. The molecule has 3 heteroatoms. The van der Waals surface area contributed by atoms with Gasteiger partial charge in [0.05, 0.1) is 6.10 Å². The number of hydrogen-bond donors (Lipinski definition) is 2. The second-order valence-electron chi connectivity index (χ2n) is 5.07. The standard InChI is InChI=1S/C14H23NOS/c16-13(10-12-4-1-2-5-12)11-15-8-7-14-6-3-9-17-14/h3,6,9,12-13,15-16H,1-2,4-5,7-8,10-11H2. The SMILES string of the molecule is OC(CNCCc1cccs1)CC1CCCC1. The van der Waals surface area contributed by atoms with Crippen LogP contribution in [-0.4, -0.2) is 24.3 Å². The third-order valence-electron chi connectivity index (χ3n) is 3.59. The van der Waals surface area contributed by atoms with Crippen molar-refractivity contribution >= 4 is 11.3 Å². The molecule has 1 aliphatic rings. The Kier molecular flexibility index (Phi) is 5.49. The highest BCUT2D eigenvalue weighted by atomic mass is 32.1. The predicted molar refractivity (Wildman–Crippen MR) is 73.5 cm³/mol. The molecular weight excluding hydrogens is 230 g/mol. The number of aliphatic hydroxyl groups excluding tert-OH is 1. The highest BCUT2D eigenvalue weighted by Gasteiger charge is 2.18. The van der Waals surface area contributed by atoms with Crippen molar-refractivity contribution in [2.24, 2.45) is 5.92 Å². The molecule has 1 aliphatic carbocycles. The summed E-state index contributed by atoms with van der Waals surface area (Å²) in [4.78, 5) is 1.42. The van der Waals surface area contributed by atoms with E-state index in [0.717, 1.165) is 31.8 Å². The molecule has 1 saturated carbocycles. The highest BCUT2D eigenvalue weighted by molar-refractivity contribution is 7.09. The number of rotatable bonds is 7. The van der Waals surface area contributed by atoms with E-state index in [0.29, 0.717) is 0 Å². The van der Waals surface area contributed by atoms with E-state index in [-0.39, 0.29) is 6.10 Å². The van der Waals surface area contributed by atoms with Crippen molar-refractivity contribution < 1.29 is 5.11 Å². The molecule has 1 heterocycles. The van der Waals surface area contributed by atoms with Crippen LogP contribution in [0.1, 0.15) is 37.0 Å². The van der Waals surface area contributed by atoms with Crippen LogP contribution in [0, 0.1) is 5.92 Å². The third kappa shape index (κ3) is 4.78. The fraction of sp³-hybridized carbons (Fsp3) is 0.714. The lowest BCUT2D eigenvalue weighted by atomic mass is 10.0. The third-order valence-corrected chi connectivity index (χ3v) is 4.52. The summed E-state index contributed by atoms with van der Waals surface area (Å²) >= 11 is 1.81. The van der Waals surface area contributed by atoms with Crippen molar-refractivity contribution in [2.75, 3.05) is 13.1 Å². The van der Waals surface area contributed by atoms with Gasteiger partial charge in [0, 0.05) is 18.0 Å². The minimum atomic E-state index is -0.151. The summed E-state index contributed by atoms with van der Waals surface area (Å²) in [6, 6.07) is 4.26. The quantitative estimate of drug-likeness (QED) is 0.732. The fourth-order valence-corrected chi connectivity index (χ4v) is 3.36. The Morgan fingerprint density at radius 2 is 2.24 bits per heavy atom. The Hall–Kier alpha value is -0.380. The van der Waals surface area contributed by atoms with Crippen molar-refractivity contribution in [3.63, 3.8) is 0 Å². The van der Waals surface area contributed by atoms with Gasteiger partial charge < -0.3 is 10.4 Å². The van der Waals surface area contributed by atoms with Crippen LogP contribution in [0.15, 0.2) is 17.5 Å². The highest BCUT2D eigenvalue weighted by Crippen LogP contribution is 2.28. The summed E-state index contributed by atoms with van der Waals surface area (Å²) in [5.74, 6) is 0.782. The molecule has 96 valence electrons. The van der Waals surface area contributed by atoms with E-state index in [1.165, 1.54) is 30.6 Å². The van der Waals surface area contributed by atoms with E-state index in [9.17, 15) is 5.11 Å². The van der Waals surface area contributed by atoms with Crippen LogP contribution < -0.4 is 5.32 Å². The molecule has 0 amide bonds. The molecule has 17 heavy (non-hydrogen) atoms. The lowest BCUT2D eigenvalue weighted by Gasteiger charge is -2.15. The molecule has 0 radical (unpaired) electrons. The van der Waals surface area contributed by atoms with Crippen LogP contribution in [0.3, 0.4) is 0 Å². The Bertz CT molecular complexity index is 293. The van der Waals surface area contributed by atoms with E-state index in [4.69, 9.17) is 0 Å². The molecule has 1 fully saturated rings. The van der Waals surface area contributed by atoms with Gasteiger partial charge in [0.1, 0.15) is 0 Å². The van der Waals surface area contributed by atoms with E-state index in [2.05, 4.69) is 22.8 Å². The molecule has 0 saturated heterocycles. The maximum atomic E-state index is 9.91. The predicted octanol–water partition coefficient (Wildman–Crippen LogP) is 2.82. The minimum absolute atomic E-state index is 0.151. The molecule has 2 rings (SSSR count).